The molecule has 228 valence electrons. The number of urea groups is 1. The fourth-order valence-electron chi connectivity index (χ4n) is 7.24. The highest BCUT2D eigenvalue weighted by Crippen LogP contribution is 2.41. The van der Waals surface area contributed by atoms with Crippen LogP contribution in [0.15, 0.2) is 71.4 Å². The Hall–Kier alpha value is -3.30. The van der Waals surface area contributed by atoms with Crippen LogP contribution in [0.5, 0.6) is 0 Å². The zero-order chi connectivity index (χ0) is 30.3. The number of hydrogen-bond acceptors (Lipinski definition) is 4. The topological polar surface area (TPSA) is 51.2 Å². The molecule has 2 unspecified atom stereocenters. The van der Waals surface area contributed by atoms with Gasteiger partial charge in [0.05, 0.1) is 17.3 Å². The molecule has 6 rings (SSSR count). The van der Waals surface area contributed by atoms with Crippen LogP contribution in [0.3, 0.4) is 0 Å². The molecule has 6 nitrogen and oxygen atoms in total. The Morgan fingerprint density at radius 2 is 1.79 bits per heavy atom. The molecule has 2 bridgehead atoms. The van der Waals surface area contributed by atoms with Crippen LogP contribution in [-0.4, -0.2) is 58.9 Å². The van der Waals surface area contributed by atoms with E-state index < -0.39 is 17.8 Å². The zero-order valence-corrected chi connectivity index (χ0v) is 25.2. The maximum atomic E-state index is 13.5. The van der Waals surface area contributed by atoms with Crippen molar-refractivity contribution in [2.75, 3.05) is 23.3 Å². The quantitative estimate of drug-likeness (QED) is 0.345. The molecule has 2 amide bonds. The minimum atomic E-state index is -4.44. The van der Waals surface area contributed by atoms with Gasteiger partial charge in [0.2, 0.25) is 0 Å². The number of carbonyl (C=O) groups is 1. The molecule has 3 heterocycles. The van der Waals surface area contributed by atoms with Gasteiger partial charge in [0, 0.05) is 47.6 Å². The molecular formula is C33H37ClF3N5O. The number of hydrogen-bond donors (Lipinski definition) is 1. The number of fused-ring (bicyclic) bond motifs is 3. The smallest absolute Gasteiger partial charge is 0.348 e. The fraction of sp³-hybridized carbons (Fsp3) is 0.455. The van der Waals surface area contributed by atoms with E-state index in [1.165, 1.54) is 30.7 Å². The van der Waals surface area contributed by atoms with Gasteiger partial charge in [0.25, 0.3) is 0 Å². The van der Waals surface area contributed by atoms with Gasteiger partial charge < -0.3 is 10.2 Å². The van der Waals surface area contributed by atoms with E-state index in [2.05, 4.69) is 40.3 Å². The molecule has 0 spiro atoms. The van der Waals surface area contributed by atoms with Crippen molar-refractivity contribution >= 4 is 34.8 Å². The molecule has 4 aliphatic rings. The largest absolute Gasteiger partial charge is 0.416 e. The number of rotatable bonds is 7. The van der Waals surface area contributed by atoms with Crippen LogP contribution < -0.4 is 10.2 Å². The molecule has 0 radical (unpaired) electrons. The van der Waals surface area contributed by atoms with Crippen molar-refractivity contribution in [3.63, 3.8) is 0 Å². The Balaban J connectivity index is 1.11. The van der Waals surface area contributed by atoms with E-state index in [4.69, 9.17) is 16.6 Å². The van der Waals surface area contributed by atoms with Crippen LogP contribution in [0.2, 0.25) is 5.02 Å². The van der Waals surface area contributed by atoms with Crippen molar-refractivity contribution in [3.8, 4) is 0 Å². The number of amidine groups is 1. The Morgan fingerprint density at radius 3 is 2.47 bits per heavy atom. The monoisotopic (exact) mass is 611 g/mol. The van der Waals surface area contributed by atoms with E-state index in [1.54, 1.807) is 11.0 Å². The van der Waals surface area contributed by atoms with Crippen molar-refractivity contribution in [1.29, 1.82) is 0 Å². The number of anilines is 2. The van der Waals surface area contributed by atoms with Gasteiger partial charge in [-0.15, -0.1) is 0 Å². The number of allylic oxidation sites excluding steroid dienone is 2. The molecule has 1 aliphatic carbocycles. The van der Waals surface area contributed by atoms with Crippen molar-refractivity contribution in [2.45, 2.75) is 82.7 Å². The van der Waals surface area contributed by atoms with Gasteiger partial charge in [0.15, 0.2) is 0 Å². The van der Waals surface area contributed by atoms with Crippen LogP contribution in [0.1, 0.15) is 56.6 Å². The number of halogens is 4. The summed E-state index contributed by atoms with van der Waals surface area (Å²) in [5.41, 5.74) is 2.27. The molecule has 10 heteroatoms. The SMILES string of the molecule is CC1=NC2=CC=CCC2N1C1C[C@H]2CC[C@@H](C1)N2CCCN(C(=O)Nc1ccc(C(F)(F)F)cc1)c1ccc(C)c(Cl)c1. The summed E-state index contributed by atoms with van der Waals surface area (Å²) >= 11 is 6.41. The number of nitrogens with one attached hydrogen (secondary N) is 1. The van der Waals surface area contributed by atoms with Gasteiger partial charge in [-0.2, -0.15) is 13.2 Å². The first kappa shape index (κ1) is 29.8. The summed E-state index contributed by atoms with van der Waals surface area (Å²) in [5, 5.41) is 3.33. The molecule has 43 heavy (non-hydrogen) atoms. The third-order valence-corrected chi connectivity index (χ3v) is 9.74. The number of aryl methyl sites for hydroxylation is 1. The summed E-state index contributed by atoms with van der Waals surface area (Å²) in [6, 6.07) is 11.4. The number of amides is 2. The van der Waals surface area contributed by atoms with Gasteiger partial charge in [-0.25, -0.2) is 9.79 Å². The number of benzene rings is 2. The molecule has 4 atom stereocenters. The van der Waals surface area contributed by atoms with E-state index in [0.717, 1.165) is 55.8 Å². The molecule has 2 saturated heterocycles. The van der Waals surface area contributed by atoms with Gasteiger partial charge >= 0.3 is 12.2 Å². The highest BCUT2D eigenvalue weighted by atomic mass is 35.5. The third-order valence-electron chi connectivity index (χ3n) is 9.33. The summed E-state index contributed by atoms with van der Waals surface area (Å²) in [6.45, 7) is 5.35. The second-order valence-electron chi connectivity index (χ2n) is 12.0. The lowest BCUT2D eigenvalue weighted by atomic mass is 9.93. The lowest BCUT2D eigenvalue weighted by Gasteiger charge is -2.45. The predicted octanol–water partition coefficient (Wildman–Crippen LogP) is 8.04. The van der Waals surface area contributed by atoms with Crippen LogP contribution in [-0.2, 0) is 6.18 Å². The van der Waals surface area contributed by atoms with E-state index in [9.17, 15) is 18.0 Å². The van der Waals surface area contributed by atoms with E-state index in [0.29, 0.717) is 47.1 Å². The maximum absolute atomic E-state index is 13.5. The molecule has 2 aromatic carbocycles. The van der Waals surface area contributed by atoms with Gasteiger partial charge in [-0.05, 0) is 100 Å². The Kier molecular flexibility index (Phi) is 8.31. The Morgan fingerprint density at radius 1 is 1.07 bits per heavy atom. The normalized spacial score (nSPS) is 24.9. The van der Waals surface area contributed by atoms with Crippen molar-refractivity contribution in [3.05, 3.63) is 82.5 Å². The van der Waals surface area contributed by atoms with Crippen LogP contribution >= 0.6 is 11.6 Å². The summed E-state index contributed by atoms with van der Waals surface area (Å²) in [4.78, 5) is 25.1. The first-order valence-electron chi connectivity index (χ1n) is 15.1. The van der Waals surface area contributed by atoms with E-state index >= 15 is 0 Å². The molecular weight excluding hydrogens is 575 g/mol. The summed E-state index contributed by atoms with van der Waals surface area (Å²) in [5.74, 6) is 1.13. The van der Waals surface area contributed by atoms with Gasteiger partial charge in [-0.1, -0.05) is 29.8 Å². The average Bonchev–Trinajstić information content (AvgIpc) is 3.42. The third kappa shape index (κ3) is 6.20. The minimum Gasteiger partial charge on any atom is -0.348 e. The van der Waals surface area contributed by atoms with Crippen LogP contribution in [0, 0.1) is 6.92 Å². The molecule has 0 saturated carbocycles. The Bertz CT molecular complexity index is 1440. The minimum absolute atomic E-state index is 0.300. The Labute approximate surface area is 255 Å². The van der Waals surface area contributed by atoms with Crippen molar-refractivity contribution in [2.24, 2.45) is 4.99 Å². The van der Waals surface area contributed by atoms with Gasteiger partial charge in [-0.3, -0.25) is 9.80 Å². The lowest BCUT2D eigenvalue weighted by molar-refractivity contribution is -0.137. The zero-order valence-electron chi connectivity index (χ0n) is 24.4. The summed E-state index contributed by atoms with van der Waals surface area (Å²) in [7, 11) is 0. The van der Waals surface area contributed by atoms with E-state index in [-0.39, 0.29) is 0 Å². The highest BCUT2D eigenvalue weighted by Gasteiger charge is 2.45. The predicted molar refractivity (Wildman–Crippen MR) is 166 cm³/mol. The van der Waals surface area contributed by atoms with E-state index in [1.807, 2.05) is 19.1 Å². The summed E-state index contributed by atoms with van der Waals surface area (Å²) < 4.78 is 39.0. The first-order chi connectivity index (χ1) is 20.6. The molecule has 3 aliphatic heterocycles. The van der Waals surface area contributed by atoms with Crippen LogP contribution in [0.4, 0.5) is 29.3 Å². The standard InChI is InChI=1S/C33H37ClF3N5O/c1-21-8-13-27(20-29(21)34)41(32(43)39-24-11-9-23(10-12-24)33(35,36)37)17-5-16-40-25-14-15-26(40)19-28(18-25)42-22(2)38-30-6-3-4-7-31(30)42/h3-4,6,8-13,20,25-26,28,31H,5,7,14-19H2,1-2H3,(H,39,43)/t25-,26+,28?,31?. The maximum Gasteiger partial charge on any atom is 0.416 e. The van der Waals surface area contributed by atoms with Crippen molar-refractivity contribution in [1.82, 2.24) is 9.80 Å². The second kappa shape index (κ2) is 12.0. The average molecular weight is 612 g/mol. The number of aliphatic imine (C=N–C) groups is 1. The fourth-order valence-corrected chi connectivity index (χ4v) is 7.42. The summed E-state index contributed by atoms with van der Waals surface area (Å²) in [6.07, 6.45) is 8.41. The number of piperidine rings is 1. The van der Waals surface area contributed by atoms with Crippen LogP contribution in [0.25, 0.3) is 0 Å². The highest BCUT2D eigenvalue weighted by molar-refractivity contribution is 6.31. The molecule has 1 N–H and O–H groups in total. The van der Waals surface area contributed by atoms with Gasteiger partial charge in [0.1, 0.15) is 5.84 Å². The number of alkyl halides is 3. The molecule has 0 aromatic heterocycles. The first-order valence-corrected chi connectivity index (χ1v) is 15.4. The van der Waals surface area contributed by atoms with Crippen molar-refractivity contribution < 1.29 is 18.0 Å². The lowest BCUT2D eigenvalue weighted by Crippen LogP contribution is -2.53. The molecule has 2 fully saturated rings. The second-order valence-corrected chi connectivity index (χ2v) is 12.4. The number of nitrogens with zero attached hydrogens (tertiary/aromatic N) is 4. The molecule has 2 aromatic rings. The number of carbonyl (C=O) groups excluding carboxylic acids is 1.